The third-order valence-electron chi connectivity index (χ3n) is 8.12. The average molecular weight is 362 g/mol. The van der Waals surface area contributed by atoms with Gasteiger partial charge < -0.3 is 10.2 Å². The molecule has 0 aliphatic heterocycles. The predicted molar refractivity (Wildman–Crippen MR) is 96.6 cm³/mol. The van der Waals surface area contributed by atoms with Crippen LogP contribution in [0.1, 0.15) is 58.8 Å². The molecule has 0 amide bonds. The fourth-order valence-corrected chi connectivity index (χ4v) is 7.97. The van der Waals surface area contributed by atoms with Crippen molar-refractivity contribution in [2.75, 3.05) is 0 Å². The van der Waals surface area contributed by atoms with Crippen LogP contribution in [-0.4, -0.2) is 33.0 Å². The first-order valence-electron chi connectivity index (χ1n) is 9.47. The van der Waals surface area contributed by atoms with Crippen LogP contribution in [0.5, 0.6) is 0 Å². The molecule has 4 aliphatic rings. The summed E-state index contributed by atoms with van der Waals surface area (Å²) in [7, 11) is 0. The molecule has 4 rings (SSSR count). The van der Waals surface area contributed by atoms with E-state index in [9.17, 15) is 20.3 Å². The molecule has 2 unspecified atom stereocenters. The first kappa shape index (κ1) is 17.6. The van der Waals surface area contributed by atoms with Crippen molar-refractivity contribution in [3.05, 3.63) is 11.6 Å². The molecule has 0 saturated heterocycles. The second-order valence-corrected chi connectivity index (χ2v) is 10.0. The van der Waals surface area contributed by atoms with E-state index in [1.165, 1.54) is 17.3 Å². The highest BCUT2D eigenvalue weighted by molar-refractivity contribution is 8.05. The van der Waals surface area contributed by atoms with Crippen molar-refractivity contribution < 1.29 is 15.0 Å². The van der Waals surface area contributed by atoms with E-state index in [-0.39, 0.29) is 22.5 Å². The number of nitrogens with zero attached hydrogens (tertiary/aromatic N) is 1. The Morgan fingerprint density at radius 1 is 1.20 bits per heavy atom. The van der Waals surface area contributed by atoms with E-state index in [1.807, 2.05) is 6.08 Å². The molecule has 25 heavy (non-hydrogen) atoms. The number of hydrogen-bond donors (Lipinski definition) is 2. The molecule has 3 saturated carbocycles. The number of carbonyl (C=O) groups excluding carboxylic acids is 1. The maximum Gasteiger partial charge on any atom is 0.151 e. The highest BCUT2D eigenvalue weighted by Gasteiger charge is 2.70. The Morgan fingerprint density at radius 2 is 1.96 bits per heavy atom. The Labute approximate surface area is 153 Å². The summed E-state index contributed by atoms with van der Waals surface area (Å²) in [6.45, 7) is 4.22. The van der Waals surface area contributed by atoms with Crippen LogP contribution in [0.15, 0.2) is 11.6 Å². The van der Waals surface area contributed by atoms with Gasteiger partial charge in [0, 0.05) is 17.3 Å². The Morgan fingerprint density at radius 3 is 2.68 bits per heavy atom. The topological polar surface area (TPSA) is 81.3 Å². The summed E-state index contributed by atoms with van der Waals surface area (Å²) in [5, 5.41) is 32.6. The van der Waals surface area contributed by atoms with Crippen molar-refractivity contribution in [2.24, 2.45) is 22.7 Å². The molecule has 4 aliphatic carbocycles. The van der Waals surface area contributed by atoms with Gasteiger partial charge in [0.1, 0.15) is 10.1 Å². The molecule has 7 atom stereocenters. The van der Waals surface area contributed by atoms with Crippen LogP contribution in [0.4, 0.5) is 0 Å². The molecule has 4 nitrogen and oxygen atoms in total. The van der Waals surface area contributed by atoms with E-state index in [0.29, 0.717) is 18.8 Å². The molecule has 0 heterocycles. The van der Waals surface area contributed by atoms with Crippen molar-refractivity contribution in [2.45, 2.75) is 75.7 Å². The number of Topliss-reactive ketones (excluding diaryl/α,β-unsaturated/α-hetero) is 1. The summed E-state index contributed by atoms with van der Waals surface area (Å²) in [5.74, 6) is 0.581. The van der Waals surface area contributed by atoms with Crippen molar-refractivity contribution >= 4 is 17.5 Å². The van der Waals surface area contributed by atoms with E-state index in [0.717, 1.165) is 32.1 Å². The van der Waals surface area contributed by atoms with Gasteiger partial charge in [-0.2, -0.15) is 5.26 Å². The van der Waals surface area contributed by atoms with E-state index in [1.54, 1.807) is 0 Å². The fraction of sp³-hybridized carbons (Fsp3) is 0.800. The number of allylic oxidation sites excluding steroid dienone is 1. The predicted octanol–water partition coefficient (Wildman–Crippen LogP) is 3.19. The smallest absolute Gasteiger partial charge is 0.151 e. The number of thioether (sulfide) groups is 1. The number of hydrogen-bond acceptors (Lipinski definition) is 5. The van der Waals surface area contributed by atoms with Crippen LogP contribution >= 0.6 is 11.8 Å². The highest BCUT2D eigenvalue weighted by Crippen LogP contribution is 2.69. The van der Waals surface area contributed by atoms with Gasteiger partial charge in [-0.05, 0) is 62.1 Å². The summed E-state index contributed by atoms with van der Waals surface area (Å²) in [4.78, 5) is 13.6. The number of thiocyanates is 1. The lowest BCUT2D eigenvalue weighted by atomic mass is 9.46. The molecule has 0 bridgehead atoms. The summed E-state index contributed by atoms with van der Waals surface area (Å²) in [6, 6.07) is 0. The maximum absolute atomic E-state index is 13.6. The molecule has 0 radical (unpaired) electrons. The number of aliphatic hydroxyl groups excluding tert-OH is 2. The van der Waals surface area contributed by atoms with Crippen LogP contribution in [0.2, 0.25) is 0 Å². The lowest BCUT2D eigenvalue weighted by Crippen LogP contribution is -2.66. The third-order valence-corrected chi connectivity index (χ3v) is 9.51. The Kier molecular flexibility index (Phi) is 3.92. The largest absolute Gasteiger partial charge is 0.393 e. The van der Waals surface area contributed by atoms with Crippen LogP contribution in [0.3, 0.4) is 0 Å². The minimum Gasteiger partial charge on any atom is -0.393 e. The van der Waals surface area contributed by atoms with Crippen molar-refractivity contribution in [1.29, 1.82) is 5.26 Å². The molecule has 0 aromatic carbocycles. The van der Waals surface area contributed by atoms with Gasteiger partial charge in [0.25, 0.3) is 0 Å². The molecule has 5 heteroatoms. The molecule has 2 N–H and O–H groups in total. The van der Waals surface area contributed by atoms with E-state index < -0.39 is 17.0 Å². The van der Waals surface area contributed by atoms with Gasteiger partial charge in [-0.1, -0.05) is 25.5 Å². The minimum absolute atomic E-state index is 0.137. The SMILES string of the molecule is C[C@]12CCC(O)C=C1CC[C@H]1[C@@H]3CCC(O)[C@@]3(C)CC(=O)[C@@]12SC#N. The van der Waals surface area contributed by atoms with Crippen LogP contribution < -0.4 is 0 Å². The summed E-state index contributed by atoms with van der Waals surface area (Å²) >= 11 is 1.18. The highest BCUT2D eigenvalue weighted by atomic mass is 32.2. The normalized spacial score (nSPS) is 51.8. The Bertz CT molecular complexity index is 685. The van der Waals surface area contributed by atoms with Crippen LogP contribution in [-0.2, 0) is 4.79 Å². The zero-order valence-corrected chi connectivity index (χ0v) is 15.8. The summed E-state index contributed by atoms with van der Waals surface area (Å²) in [6.07, 6.45) is 6.35. The van der Waals surface area contributed by atoms with E-state index in [4.69, 9.17) is 0 Å². The number of ketones is 1. The van der Waals surface area contributed by atoms with E-state index >= 15 is 0 Å². The van der Waals surface area contributed by atoms with Gasteiger partial charge >= 0.3 is 0 Å². The number of nitriles is 1. The van der Waals surface area contributed by atoms with Gasteiger partial charge in [-0.15, -0.1) is 0 Å². The Balaban J connectivity index is 1.88. The minimum atomic E-state index is -0.722. The monoisotopic (exact) mass is 361 g/mol. The standard InChI is InChI=1S/C20H27NO3S/c1-18-10-17(24)20(25-11-21)15(14(18)5-6-16(18)23)4-3-12-9-13(22)7-8-19(12,20)2/h9,13-16,22-23H,3-8,10H2,1-2H3/t13?,14-,15-,16?,18-,19-,20-/m0/s1. The van der Waals surface area contributed by atoms with Crippen LogP contribution in [0.25, 0.3) is 0 Å². The van der Waals surface area contributed by atoms with E-state index in [2.05, 4.69) is 19.2 Å². The molecule has 0 aromatic rings. The van der Waals surface area contributed by atoms with Gasteiger partial charge in [-0.3, -0.25) is 4.79 Å². The number of rotatable bonds is 1. The van der Waals surface area contributed by atoms with Crippen molar-refractivity contribution in [3.8, 4) is 5.40 Å². The van der Waals surface area contributed by atoms with Crippen molar-refractivity contribution in [3.63, 3.8) is 0 Å². The fourth-order valence-electron chi connectivity index (χ4n) is 6.75. The molecule has 0 spiro atoms. The third kappa shape index (κ3) is 2.05. The Hall–Kier alpha value is -0.830. The average Bonchev–Trinajstić information content (AvgIpc) is 2.85. The second-order valence-electron chi connectivity index (χ2n) is 9.01. The first-order chi connectivity index (χ1) is 11.8. The molecule has 136 valence electrons. The van der Waals surface area contributed by atoms with Crippen molar-refractivity contribution in [1.82, 2.24) is 0 Å². The molecular formula is C20H27NO3S. The number of carbonyl (C=O) groups is 1. The van der Waals surface area contributed by atoms with Gasteiger partial charge in [0.05, 0.1) is 12.2 Å². The summed E-state index contributed by atoms with van der Waals surface area (Å²) < 4.78 is -0.722. The number of fused-ring (bicyclic) bond motifs is 5. The van der Waals surface area contributed by atoms with Gasteiger partial charge in [0.15, 0.2) is 5.78 Å². The van der Waals surface area contributed by atoms with Gasteiger partial charge in [0.2, 0.25) is 0 Å². The first-order valence-corrected chi connectivity index (χ1v) is 10.3. The number of aliphatic hydroxyl groups is 2. The van der Waals surface area contributed by atoms with Crippen LogP contribution in [0, 0.1) is 33.3 Å². The lowest BCUT2D eigenvalue weighted by molar-refractivity contribution is -0.143. The van der Waals surface area contributed by atoms with Gasteiger partial charge in [-0.25, -0.2) is 0 Å². The lowest BCUT2D eigenvalue weighted by Gasteiger charge is -2.62. The summed E-state index contributed by atoms with van der Waals surface area (Å²) in [5.41, 5.74) is 0.467. The quantitative estimate of drug-likeness (QED) is 0.554. The zero-order chi connectivity index (χ0) is 18.0. The second kappa shape index (κ2) is 5.58. The molecule has 3 fully saturated rings. The zero-order valence-electron chi connectivity index (χ0n) is 15.0. The molecular weight excluding hydrogens is 334 g/mol. The molecule has 0 aromatic heterocycles. The maximum atomic E-state index is 13.6.